The molecule has 0 atom stereocenters. The van der Waals surface area contributed by atoms with Gasteiger partial charge in [-0.15, -0.1) is 0 Å². The van der Waals surface area contributed by atoms with Gasteiger partial charge in [-0.05, 0) is 23.0 Å². The highest BCUT2D eigenvalue weighted by Gasteiger charge is 2.16. The molecule has 0 aliphatic carbocycles. The molecule has 0 amide bonds. The Hall–Kier alpha value is -0.960. The number of anilines is 1. The van der Waals surface area contributed by atoms with Gasteiger partial charge >= 0.3 is 0 Å². The summed E-state index contributed by atoms with van der Waals surface area (Å²) >= 11 is 0. The smallest absolute Gasteiger partial charge is 0.213 e. The van der Waals surface area contributed by atoms with E-state index in [2.05, 4.69) is 17.8 Å². The van der Waals surface area contributed by atoms with Crippen molar-refractivity contribution in [2.75, 3.05) is 30.6 Å². The zero-order valence-electron chi connectivity index (χ0n) is 8.83. The summed E-state index contributed by atoms with van der Waals surface area (Å²) in [5.74, 6) is 0.863. The summed E-state index contributed by atoms with van der Waals surface area (Å²) in [6.07, 6.45) is 4.17. The van der Waals surface area contributed by atoms with Crippen molar-refractivity contribution in [3.8, 4) is 0 Å². The van der Waals surface area contributed by atoms with Crippen LogP contribution in [-0.2, 0) is 10.9 Å². The Labute approximate surface area is 88.1 Å². The molecule has 76 valence electrons. The molecule has 0 bridgehead atoms. The number of benzene rings is 1. The molecule has 0 aliphatic rings. The van der Waals surface area contributed by atoms with E-state index < -0.39 is 0 Å². The lowest BCUT2D eigenvalue weighted by molar-refractivity contribution is 0.102. The second kappa shape index (κ2) is 5.05. The fraction of sp³-hybridized carbons (Fsp3) is 0.364. The van der Waals surface area contributed by atoms with E-state index in [1.54, 1.807) is 0 Å². The third-order valence-corrected chi connectivity index (χ3v) is 2.76. The van der Waals surface area contributed by atoms with Gasteiger partial charge in [-0.25, -0.2) is 0 Å². The van der Waals surface area contributed by atoms with Crippen molar-refractivity contribution in [2.45, 2.75) is 0 Å². The summed E-state index contributed by atoms with van der Waals surface area (Å²) in [5.41, 5.74) is 1.72. The molecule has 0 spiro atoms. The Morgan fingerprint density at radius 2 is 2.00 bits per heavy atom. The molecule has 0 unspecified atom stereocenters. The van der Waals surface area contributed by atoms with E-state index in [1.165, 1.54) is 0 Å². The Morgan fingerprint density at radius 1 is 1.36 bits per heavy atom. The normalized spacial score (nSPS) is 10.3. The van der Waals surface area contributed by atoms with Crippen molar-refractivity contribution < 1.29 is 4.79 Å². The quantitative estimate of drug-likeness (QED) is 0.606. The predicted octanol–water partition coefficient (Wildman–Crippen LogP) is 1.79. The van der Waals surface area contributed by atoms with Gasteiger partial charge in [-0.2, -0.15) is 0 Å². The lowest BCUT2D eigenvalue weighted by atomic mass is 10.1. The van der Waals surface area contributed by atoms with Gasteiger partial charge in [0.2, 0.25) is 5.78 Å². The van der Waals surface area contributed by atoms with Gasteiger partial charge in [0.25, 0.3) is 0 Å². The van der Waals surface area contributed by atoms with Crippen molar-refractivity contribution in [3.63, 3.8) is 0 Å². The number of hydrogen-bond acceptors (Lipinski definition) is 2. The molecule has 14 heavy (non-hydrogen) atoms. The van der Waals surface area contributed by atoms with Crippen LogP contribution in [0.1, 0.15) is 10.4 Å². The standard InChI is InChI=1S/C11H15NOS/c1-12-10-7-5-4-6-9(10)11(13)8-14(2)3/h4-7H,8H2,1-3H3/p+1. The van der Waals surface area contributed by atoms with Gasteiger partial charge in [0.1, 0.15) is 0 Å². The molecular weight excluding hydrogens is 194 g/mol. The van der Waals surface area contributed by atoms with Gasteiger partial charge in [0.15, 0.2) is 5.75 Å². The van der Waals surface area contributed by atoms with Crippen molar-refractivity contribution in [2.24, 2.45) is 0 Å². The average molecular weight is 210 g/mol. The Balaban J connectivity index is 2.88. The summed E-state index contributed by atoms with van der Waals surface area (Å²) in [5, 5.41) is 3.03. The fourth-order valence-corrected chi connectivity index (χ4v) is 1.96. The van der Waals surface area contributed by atoms with Crippen LogP contribution in [0.4, 0.5) is 5.69 Å². The largest absolute Gasteiger partial charge is 0.388 e. The van der Waals surface area contributed by atoms with Crippen LogP contribution in [0.3, 0.4) is 0 Å². The van der Waals surface area contributed by atoms with Crippen LogP contribution in [0.15, 0.2) is 24.3 Å². The number of ketones is 1. The number of rotatable bonds is 4. The van der Waals surface area contributed by atoms with Gasteiger partial charge in [-0.1, -0.05) is 12.1 Å². The number of para-hydroxylation sites is 1. The molecule has 2 nitrogen and oxygen atoms in total. The monoisotopic (exact) mass is 210 g/mol. The predicted molar refractivity (Wildman–Crippen MR) is 64.4 cm³/mol. The molecule has 0 saturated carbocycles. The number of carbonyl (C=O) groups is 1. The topological polar surface area (TPSA) is 29.1 Å². The average Bonchev–Trinajstić information content (AvgIpc) is 2.16. The molecule has 0 saturated heterocycles. The molecule has 0 fully saturated rings. The molecule has 0 aliphatic heterocycles. The maximum Gasteiger partial charge on any atom is 0.213 e. The minimum atomic E-state index is 0.166. The first-order chi connectivity index (χ1) is 6.65. The van der Waals surface area contributed by atoms with E-state index in [4.69, 9.17) is 0 Å². The molecule has 1 N–H and O–H groups in total. The van der Waals surface area contributed by atoms with Crippen LogP contribution in [0.5, 0.6) is 0 Å². The second-order valence-electron chi connectivity index (χ2n) is 3.35. The van der Waals surface area contributed by atoms with Crippen LogP contribution >= 0.6 is 0 Å². The first kappa shape index (κ1) is 11.1. The fourth-order valence-electron chi connectivity index (χ4n) is 1.28. The minimum Gasteiger partial charge on any atom is -0.388 e. The Bertz CT molecular complexity index is 323. The summed E-state index contributed by atoms with van der Waals surface area (Å²) in [4.78, 5) is 11.8. The first-order valence-electron chi connectivity index (χ1n) is 4.49. The van der Waals surface area contributed by atoms with Gasteiger partial charge in [-0.3, -0.25) is 4.79 Å². The van der Waals surface area contributed by atoms with Crippen LogP contribution in [-0.4, -0.2) is 31.1 Å². The molecule has 1 aromatic carbocycles. The van der Waals surface area contributed by atoms with Crippen molar-refractivity contribution in [3.05, 3.63) is 29.8 Å². The summed E-state index contributed by atoms with van der Waals surface area (Å²) < 4.78 is 0. The summed E-state index contributed by atoms with van der Waals surface area (Å²) in [6.45, 7) is 0. The lowest BCUT2D eigenvalue weighted by Gasteiger charge is -2.06. The molecule has 0 aromatic heterocycles. The van der Waals surface area contributed by atoms with Gasteiger partial charge in [0.05, 0.1) is 12.5 Å². The minimum absolute atomic E-state index is 0.166. The molecule has 0 radical (unpaired) electrons. The Kier molecular flexibility index (Phi) is 4.01. The number of Topliss-reactive ketones (excluding diaryl/α,β-unsaturated/α-hetero) is 1. The molecule has 1 aromatic rings. The Morgan fingerprint density at radius 3 is 2.57 bits per heavy atom. The number of carbonyl (C=O) groups excluding carboxylic acids is 1. The lowest BCUT2D eigenvalue weighted by Crippen LogP contribution is -2.15. The van der Waals surface area contributed by atoms with E-state index in [1.807, 2.05) is 31.3 Å². The van der Waals surface area contributed by atoms with Crippen LogP contribution in [0.2, 0.25) is 0 Å². The van der Waals surface area contributed by atoms with E-state index in [0.29, 0.717) is 5.75 Å². The molecule has 1 rings (SSSR count). The maximum absolute atomic E-state index is 11.8. The number of nitrogens with one attached hydrogen (secondary N) is 1. The van der Waals surface area contributed by atoms with E-state index >= 15 is 0 Å². The maximum atomic E-state index is 11.8. The van der Waals surface area contributed by atoms with Gasteiger partial charge in [0, 0.05) is 18.3 Å². The first-order valence-corrected chi connectivity index (χ1v) is 6.70. The highest BCUT2D eigenvalue weighted by Crippen LogP contribution is 2.15. The van der Waals surface area contributed by atoms with Crippen molar-refractivity contribution in [1.82, 2.24) is 0 Å². The van der Waals surface area contributed by atoms with E-state index in [9.17, 15) is 4.79 Å². The summed E-state index contributed by atoms with van der Waals surface area (Å²) in [6, 6.07) is 7.63. The SMILES string of the molecule is CNc1ccccc1C(=O)C[S+](C)C. The number of hydrogen-bond donors (Lipinski definition) is 1. The molecular formula is C11H16NOS+. The van der Waals surface area contributed by atoms with Crippen molar-refractivity contribution >= 4 is 22.4 Å². The summed E-state index contributed by atoms with van der Waals surface area (Å²) in [7, 11) is 2.00. The molecule has 0 heterocycles. The van der Waals surface area contributed by atoms with Crippen molar-refractivity contribution in [1.29, 1.82) is 0 Å². The third-order valence-electron chi connectivity index (χ3n) is 1.92. The highest BCUT2D eigenvalue weighted by molar-refractivity contribution is 7.96. The zero-order chi connectivity index (χ0) is 10.6. The third kappa shape index (κ3) is 2.77. The van der Waals surface area contributed by atoms with E-state index in [-0.39, 0.29) is 16.7 Å². The zero-order valence-corrected chi connectivity index (χ0v) is 9.65. The van der Waals surface area contributed by atoms with Gasteiger partial charge < -0.3 is 5.32 Å². The second-order valence-corrected chi connectivity index (χ2v) is 5.61. The van der Waals surface area contributed by atoms with Crippen LogP contribution < -0.4 is 5.32 Å². The van der Waals surface area contributed by atoms with E-state index in [0.717, 1.165) is 11.3 Å². The highest BCUT2D eigenvalue weighted by atomic mass is 32.2. The van der Waals surface area contributed by atoms with Crippen LogP contribution in [0, 0.1) is 0 Å². The van der Waals surface area contributed by atoms with Crippen LogP contribution in [0.25, 0.3) is 0 Å². The molecule has 3 heteroatoms.